The van der Waals surface area contributed by atoms with Gasteiger partial charge in [0.05, 0.1) is 23.6 Å². The summed E-state index contributed by atoms with van der Waals surface area (Å²) in [6, 6.07) is 16.9. The van der Waals surface area contributed by atoms with Crippen molar-refractivity contribution in [2.24, 2.45) is 10.2 Å². The van der Waals surface area contributed by atoms with Crippen LogP contribution in [0.25, 0.3) is 32.7 Å². The van der Waals surface area contributed by atoms with Crippen LogP contribution in [-0.4, -0.2) is 77.8 Å². The molecule has 0 saturated heterocycles. The lowest BCUT2D eigenvalue weighted by Gasteiger charge is -2.24. The van der Waals surface area contributed by atoms with Gasteiger partial charge in [0.25, 0.3) is 23.6 Å². The number of hydrogen-bond donors (Lipinski definition) is 10. The fraction of sp³-hybridized carbons (Fsp3) is 0.296. The number of carbonyl (C=O) groups is 4. The Hall–Kier alpha value is -8.14. The molecule has 0 aromatic heterocycles. The highest BCUT2D eigenvalue weighted by Gasteiger charge is 2.33. The Morgan fingerprint density at radius 1 is 0.500 bits per heavy atom. The predicted molar refractivity (Wildman–Crippen MR) is 271 cm³/mol. The zero-order valence-electron chi connectivity index (χ0n) is 41.3. The number of aryl methyl sites for hydroxylation is 4. The average Bonchev–Trinajstić information content (AvgIpc) is 3.27. The summed E-state index contributed by atoms with van der Waals surface area (Å²) in [5.41, 5.74) is 5.60. The van der Waals surface area contributed by atoms with Gasteiger partial charge in [0.2, 0.25) is 0 Å². The molecule has 4 amide bonds. The number of phenolic OH excluding ortho intramolecular Hbond substituents is 6. The van der Waals surface area contributed by atoms with Crippen LogP contribution in [0.2, 0.25) is 0 Å². The summed E-state index contributed by atoms with van der Waals surface area (Å²) < 4.78 is 0. The van der Waals surface area contributed by atoms with E-state index in [2.05, 4.69) is 31.7 Å². The van der Waals surface area contributed by atoms with Gasteiger partial charge in [-0.1, -0.05) is 75.2 Å². The van der Waals surface area contributed by atoms with Gasteiger partial charge in [-0.15, -0.1) is 0 Å². The number of phenols is 6. The average molecular weight is 953 g/mol. The Balaban J connectivity index is 1.47. The van der Waals surface area contributed by atoms with Gasteiger partial charge >= 0.3 is 0 Å². The SMILES string of the molecule is Cc1ccc(C(=O)NC(C)(C)C(=O)N/N=C\c2c(O)c(O)c(C(C)C)c3cc(C)c(-c4c(C)cc5c(C(C)C)c(O)c(O)c(/C=N\NC(=O)C(C)(C)NC(=O)c6ccc(C)cc6)c5c4O)c(O)c23)cc1. The van der Waals surface area contributed by atoms with Gasteiger partial charge in [-0.05, 0) is 113 Å². The van der Waals surface area contributed by atoms with Crippen LogP contribution in [0, 0.1) is 27.7 Å². The number of aromatic hydroxyl groups is 6. The van der Waals surface area contributed by atoms with Crippen LogP contribution in [0.5, 0.6) is 34.5 Å². The lowest BCUT2D eigenvalue weighted by molar-refractivity contribution is -0.126. The Morgan fingerprint density at radius 3 is 1.11 bits per heavy atom. The maximum absolute atomic E-state index is 13.4. The highest BCUT2D eigenvalue weighted by molar-refractivity contribution is 6.15. The summed E-state index contributed by atoms with van der Waals surface area (Å²) in [6.07, 6.45) is 2.11. The molecule has 10 N–H and O–H groups in total. The number of fused-ring (bicyclic) bond motifs is 2. The van der Waals surface area contributed by atoms with E-state index in [1.165, 1.54) is 27.7 Å². The largest absolute Gasteiger partial charge is 0.507 e. The third-order valence-electron chi connectivity index (χ3n) is 12.3. The van der Waals surface area contributed by atoms with Crippen molar-refractivity contribution in [2.45, 2.75) is 106 Å². The molecule has 0 aliphatic heterocycles. The number of carbonyl (C=O) groups excluding carboxylic acids is 4. The van der Waals surface area contributed by atoms with E-state index in [0.29, 0.717) is 44.2 Å². The van der Waals surface area contributed by atoms with Gasteiger partial charge in [0.1, 0.15) is 22.6 Å². The van der Waals surface area contributed by atoms with E-state index in [4.69, 9.17) is 0 Å². The van der Waals surface area contributed by atoms with Gasteiger partial charge in [-0.25, -0.2) is 10.9 Å². The number of hydrogen-bond acceptors (Lipinski definition) is 12. The van der Waals surface area contributed by atoms with E-state index in [9.17, 15) is 49.8 Å². The van der Waals surface area contributed by atoms with Crippen molar-refractivity contribution in [1.82, 2.24) is 21.5 Å². The van der Waals surface area contributed by atoms with Crippen LogP contribution in [0.3, 0.4) is 0 Å². The molecule has 70 heavy (non-hydrogen) atoms. The molecule has 0 aliphatic carbocycles. The van der Waals surface area contributed by atoms with E-state index in [0.717, 1.165) is 23.6 Å². The van der Waals surface area contributed by atoms with Crippen LogP contribution < -0.4 is 21.5 Å². The second-order valence-corrected chi connectivity index (χ2v) is 19.3. The number of benzene rings is 6. The highest BCUT2D eigenvalue weighted by atomic mass is 16.3. The van der Waals surface area contributed by atoms with E-state index in [1.807, 2.05) is 13.8 Å². The van der Waals surface area contributed by atoms with Gasteiger partial charge in [-0.2, -0.15) is 10.2 Å². The van der Waals surface area contributed by atoms with Gasteiger partial charge in [0.15, 0.2) is 23.0 Å². The van der Waals surface area contributed by atoms with Crippen molar-refractivity contribution in [3.8, 4) is 45.6 Å². The van der Waals surface area contributed by atoms with Crippen LogP contribution in [0.15, 0.2) is 70.9 Å². The summed E-state index contributed by atoms with van der Waals surface area (Å²) in [7, 11) is 0. The third-order valence-corrected chi connectivity index (χ3v) is 12.3. The molecule has 0 radical (unpaired) electrons. The number of nitrogens with zero attached hydrogens (tertiary/aromatic N) is 2. The Bertz CT molecular complexity index is 2960. The molecule has 6 aromatic carbocycles. The Labute approximate surface area is 405 Å². The molecule has 0 saturated carbocycles. The van der Waals surface area contributed by atoms with Crippen molar-refractivity contribution in [3.63, 3.8) is 0 Å². The molecule has 0 aliphatic rings. The fourth-order valence-electron chi connectivity index (χ4n) is 8.45. The van der Waals surface area contributed by atoms with Crippen molar-refractivity contribution < 1.29 is 49.8 Å². The highest BCUT2D eigenvalue weighted by Crippen LogP contribution is 2.54. The van der Waals surface area contributed by atoms with Crippen LogP contribution >= 0.6 is 0 Å². The molecule has 366 valence electrons. The first-order valence-electron chi connectivity index (χ1n) is 22.6. The molecular formula is C54H60N6O10. The first-order valence-corrected chi connectivity index (χ1v) is 22.6. The van der Waals surface area contributed by atoms with E-state index in [-0.39, 0.29) is 44.9 Å². The first-order chi connectivity index (χ1) is 32.7. The standard InChI is InChI=1S/C54H60N6O10/c1-25(2)37-33-21-29(7)39(45(63)41(33)35(43(61)47(37)65)23-55-59-51(69)53(9,10)57-49(67)31-17-13-27(5)14-18-31)40-30(8)22-34-38(26(3)4)48(66)44(62)36(42(34)46(40)64)24-56-60-52(70)54(11,12)58-50(68)32-19-15-28(6)16-20-32/h13-26,61-66H,1-12H3,(H,57,67)(H,58,68)(H,59,69)(H,60,70)/b55-23-,56-24-. The number of rotatable bonds is 13. The van der Waals surface area contributed by atoms with Gasteiger partial charge < -0.3 is 41.3 Å². The van der Waals surface area contributed by atoms with Crippen molar-refractivity contribution in [2.75, 3.05) is 0 Å². The molecule has 6 rings (SSSR count). The third kappa shape index (κ3) is 9.75. The number of nitrogens with one attached hydrogen (secondary N) is 4. The monoisotopic (exact) mass is 952 g/mol. The fourth-order valence-corrected chi connectivity index (χ4v) is 8.45. The molecular weight excluding hydrogens is 893 g/mol. The Morgan fingerprint density at radius 2 is 0.814 bits per heavy atom. The summed E-state index contributed by atoms with van der Waals surface area (Å²) in [5.74, 6) is -6.42. The van der Waals surface area contributed by atoms with Gasteiger partial charge in [-0.3, -0.25) is 19.2 Å². The lowest BCUT2D eigenvalue weighted by Crippen LogP contribution is -2.53. The summed E-state index contributed by atoms with van der Waals surface area (Å²) in [6.45, 7) is 20.2. The zero-order valence-corrected chi connectivity index (χ0v) is 41.3. The number of hydrazone groups is 2. The van der Waals surface area contributed by atoms with E-state index in [1.54, 1.807) is 102 Å². The molecule has 0 heterocycles. The molecule has 16 heteroatoms. The van der Waals surface area contributed by atoms with Crippen LogP contribution in [-0.2, 0) is 9.59 Å². The lowest BCUT2D eigenvalue weighted by atomic mass is 9.83. The smallest absolute Gasteiger partial charge is 0.265 e. The second-order valence-electron chi connectivity index (χ2n) is 19.3. The quantitative estimate of drug-likeness (QED) is 0.0299. The maximum Gasteiger partial charge on any atom is 0.265 e. The topological polar surface area (TPSA) is 262 Å². The molecule has 0 unspecified atom stereocenters. The molecule has 0 spiro atoms. The second kappa shape index (κ2) is 19.5. The molecule has 16 nitrogen and oxygen atoms in total. The van der Waals surface area contributed by atoms with Crippen molar-refractivity contribution in [1.29, 1.82) is 0 Å². The summed E-state index contributed by atoms with van der Waals surface area (Å²) >= 11 is 0. The summed E-state index contributed by atoms with van der Waals surface area (Å²) in [4.78, 5) is 52.9. The van der Waals surface area contributed by atoms with Crippen LogP contribution in [0.1, 0.15) is 132 Å². The van der Waals surface area contributed by atoms with Gasteiger partial charge in [0, 0.05) is 44.2 Å². The predicted octanol–water partition coefficient (Wildman–Crippen LogP) is 8.69. The minimum Gasteiger partial charge on any atom is -0.507 e. The molecule has 0 fully saturated rings. The molecule has 0 bridgehead atoms. The molecule has 6 aromatic rings. The maximum atomic E-state index is 13.4. The number of amides is 4. The molecule has 0 atom stereocenters. The van der Waals surface area contributed by atoms with E-state index >= 15 is 0 Å². The normalized spacial score (nSPS) is 12.1. The van der Waals surface area contributed by atoms with Crippen molar-refractivity contribution in [3.05, 3.63) is 116 Å². The van der Waals surface area contributed by atoms with Crippen molar-refractivity contribution >= 4 is 57.6 Å². The van der Waals surface area contributed by atoms with E-state index < -0.39 is 69.2 Å². The minimum absolute atomic E-state index is 0.00133. The van der Waals surface area contributed by atoms with Crippen LogP contribution in [0.4, 0.5) is 0 Å². The summed E-state index contributed by atoms with van der Waals surface area (Å²) in [5, 5.41) is 85.2. The first kappa shape index (κ1) is 51.3. The Kier molecular flexibility index (Phi) is 14.2. The minimum atomic E-state index is -1.48. The zero-order chi connectivity index (χ0) is 51.9.